The summed E-state index contributed by atoms with van der Waals surface area (Å²) in [6.07, 6.45) is 2.45. The lowest BCUT2D eigenvalue weighted by molar-refractivity contribution is 0.136. The Labute approximate surface area is 154 Å². The Bertz CT molecular complexity index is 306. The number of nitrogens with one attached hydrogen (secondary N) is 2. The zero-order valence-electron chi connectivity index (χ0n) is 15.1. The van der Waals surface area contributed by atoms with Gasteiger partial charge in [0, 0.05) is 45.3 Å². The van der Waals surface area contributed by atoms with Gasteiger partial charge < -0.3 is 20.4 Å². The largest absolute Gasteiger partial charge is 0.356 e. The van der Waals surface area contributed by atoms with Crippen LogP contribution in [0, 0.1) is 0 Å². The molecule has 1 aliphatic heterocycles. The van der Waals surface area contributed by atoms with Crippen LogP contribution in [0.15, 0.2) is 4.99 Å². The molecular formula is C16H36IN5. The van der Waals surface area contributed by atoms with Gasteiger partial charge in [0.25, 0.3) is 0 Å². The molecule has 0 saturated carbocycles. The lowest BCUT2D eigenvalue weighted by atomic mass is 10.1. The predicted molar refractivity (Wildman–Crippen MR) is 107 cm³/mol. The lowest BCUT2D eigenvalue weighted by Gasteiger charge is -2.34. The van der Waals surface area contributed by atoms with Gasteiger partial charge in [0.05, 0.1) is 0 Å². The molecule has 0 aliphatic carbocycles. The molecule has 6 heteroatoms. The maximum Gasteiger partial charge on any atom is 0.191 e. The first kappa shape index (κ1) is 21.9. The molecule has 22 heavy (non-hydrogen) atoms. The molecular weight excluding hydrogens is 389 g/mol. The molecule has 1 saturated heterocycles. The van der Waals surface area contributed by atoms with E-state index >= 15 is 0 Å². The zero-order valence-corrected chi connectivity index (χ0v) is 17.4. The summed E-state index contributed by atoms with van der Waals surface area (Å²) < 4.78 is 0. The van der Waals surface area contributed by atoms with Crippen molar-refractivity contribution in [3.63, 3.8) is 0 Å². The highest BCUT2D eigenvalue weighted by Gasteiger charge is 2.14. The molecule has 0 aromatic rings. The fraction of sp³-hybridized carbons (Fsp3) is 0.938. The number of nitrogens with zero attached hydrogens (tertiary/aromatic N) is 3. The van der Waals surface area contributed by atoms with Gasteiger partial charge in [-0.25, -0.2) is 0 Å². The Balaban J connectivity index is 0.00000441. The number of hydrogen-bond acceptors (Lipinski definition) is 3. The van der Waals surface area contributed by atoms with Crippen molar-refractivity contribution in [2.24, 2.45) is 4.99 Å². The van der Waals surface area contributed by atoms with Gasteiger partial charge in [-0.1, -0.05) is 6.92 Å². The van der Waals surface area contributed by atoms with E-state index in [9.17, 15) is 0 Å². The maximum atomic E-state index is 4.26. The second kappa shape index (κ2) is 11.5. The third-order valence-corrected chi connectivity index (χ3v) is 3.82. The van der Waals surface area contributed by atoms with Crippen molar-refractivity contribution in [2.45, 2.75) is 46.1 Å². The molecule has 0 aromatic carbocycles. The van der Waals surface area contributed by atoms with Crippen molar-refractivity contribution in [1.29, 1.82) is 0 Å². The highest BCUT2D eigenvalue weighted by Crippen LogP contribution is 2.03. The van der Waals surface area contributed by atoms with E-state index in [1.165, 1.54) is 52.1 Å². The number of likely N-dealkylation sites (N-methyl/N-ethyl adjacent to an activating group) is 1. The Morgan fingerprint density at radius 1 is 1.05 bits per heavy atom. The van der Waals surface area contributed by atoms with E-state index in [4.69, 9.17) is 0 Å². The summed E-state index contributed by atoms with van der Waals surface area (Å²) in [5.74, 6) is 0.902. The van der Waals surface area contributed by atoms with Gasteiger partial charge in [-0.15, -0.1) is 24.0 Å². The minimum atomic E-state index is 0. The summed E-state index contributed by atoms with van der Waals surface area (Å²) in [5.41, 5.74) is 0.0563. The van der Waals surface area contributed by atoms with Gasteiger partial charge in [0.15, 0.2) is 5.96 Å². The SMILES string of the molecule is CCN1CCN(CCCCNC(=NC)NC(C)(C)C)CC1.I. The molecule has 0 aromatic heterocycles. The third kappa shape index (κ3) is 9.84. The second-order valence-electron chi connectivity index (χ2n) is 6.86. The first-order valence-electron chi connectivity index (χ1n) is 8.38. The van der Waals surface area contributed by atoms with Crippen LogP contribution in [0.25, 0.3) is 0 Å². The minimum Gasteiger partial charge on any atom is -0.356 e. The number of guanidine groups is 1. The van der Waals surface area contributed by atoms with E-state index in [0.717, 1.165) is 12.5 Å². The molecule has 0 spiro atoms. The monoisotopic (exact) mass is 425 g/mol. The molecule has 0 amide bonds. The average Bonchev–Trinajstić information content (AvgIpc) is 2.45. The standard InChI is InChI=1S/C16H35N5.HI/c1-6-20-11-13-21(14-12-20)10-8-7-9-18-15(17-5)19-16(2,3)4;/h6-14H2,1-5H3,(H2,17,18,19);1H. The number of hydrogen-bond donors (Lipinski definition) is 2. The Morgan fingerprint density at radius 2 is 1.64 bits per heavy atom. The predicted octanol–water partition coefficient (Wildman–Crippen LogP) is 1.99. The van der Waals surface area contributed by atoms with Crippen LogP contribution in [0.5, 0.6) is 0 Å². The molecule has 1 aliphatic rings. The van der Waals surface area contributed by atoms with E-state index in [0.29, 0.717) is 0 Å². The molecule has 0 bridgehead atoms. The van der Waals surface area contributed by atoms with E-state index < -0.39 is 0 Å². The van der Waals surface area contributed by atoms with Crippen molar-refractivity contribution >= 4 is 29.9 Å². The Morgan fingerprint density at radius 3 is 2.14 bits per heavy atom. The highest BCUT2D eigenvalue weighted by atomic mass is 127. The first-order valence-corrected chi connectivity index (χ1v) is 8.38. The highest BCUT2D eigenvalue weighted by molar-refractivity contribution is 14.0. The van der Waals surface area contributed by atoms with Crippen molar-refractivity contribution in [2.75, 3.05) is 52.9 Å². The van der Waals surface area contributed by atoms with Crippen molar-refractivity contribution < 1.29 is 0 Å². The van der Waals surface area contributed by atoms with Gasteiger partial charge in [-0.2, -0.15) is 0 Å². The number of halogens is 1. The van der Waals surface area contributed by atoms with Crippen LogP contribution in [0.3, 0.4) is 0 Å². The topological polar surface area (TPSA) is 42.9 Å². The molecule has 0 radical (unpaired) electrons. The Kier molecular flexibility index (Phi) is 11.4. The second-order valence-corrected chi connectivity index (χ2v) is 6.86. The van der Waals surface area contributed by atoms with Crippen LogP contribution < -0.4 is 10.6 Å². The maximum absolute atomic E-state index is 4.26. The van der Waals surface area contributed by atoms with Crippen molar-refractivity contribution in [3.05, 3.63) is 0 Å². The molecule has 1 heterocycles. The van der Waals surface area contributed by atoms with E-state index in [1.807, 2.05) is 7.05 Å². The van der Waals surface area contributed by atoms with Crippen LogP contribution in [-0.4, -0.2) is 74.2 Å². The fourth-order valence-electron chi connectivity index (χ4n) is 2.53. The lowest BCUT2D eigenvalue weighted by Crippen LogP contribution is -2.48. The molecule has 0 unspecified atom stereocenters. The summed E-state index contributed by atoms with van der Waals surface area (Å²) in [7, 11) is 1.83. The van der Waals surface area contributed by atoms with Crippen molar-refractivity contribution in [1.82, 2.24) is 20.4 Å². The number of piperazine rings is 1. The van der Waals surface area contributed by atoms with Crippen LogP contribution in [-0.2, 0) is 0 Å². The summed E-state index contributed by atoms with van der Waals surface area (Å²) >= 11 is 0. The van der Waals surface area contributed by atoms with Gasteiger partial charge in [-0.3, -0.25) is 4.99 Å². The Hall–Kier alpha value is -0.0800. The van der Waals surface area contributed by atoms with Crippen LogP contribution in [0.2, 0.25) is 0 Å². The van der Waals surface area contributed by atoms with E-state index in [2.05, 4.69) is 53.1 Å². The molecule has 1 fully saturated rings. The van der Waals surface area contributed by atoms with Crippen LogP contribution >= 0.6 is 24.0 Å². The average molecular weight is 425 g/mol. The first-order chi connectivity index (χ1) is 9.94. The van der Waals surface area contributed by atoms with Gasteiger partial charge in [0.1, 0.15) is 0 Å². The molecule has 132 valence electrons. The van der Waals surface area contributed by atoms with Gasteiger partial charge in [-0.05, 0) is 46.7 Å². The summed E-state index contributed by atoms with van der Waals surface area (Å²) in [6, 6.07) is 0. The van der Waals surface area contributed by atoms with Gasteiger partial charge in [0.2, 0.25) is 0 Å². The molecule has 2 N–H and O–H groups in total. The molecule has 0 atom stereocenters. The van der Waals surface area contributed by atoms with E-state index in [1.54, 1.807) is 0 Å². The van der Waals surface area contributed by atoms with Crippen LogP contribution in [0.4, 0.5) is 0 Å². The smallest absolute Gasteiger partial charge is 0.191 e. The quantitative estimate of drug-likeness (QED) is 0.296. The fourth-order valence-corrected chi connectivity index (χ4v) is 2.53. The van der Waals surface area contributed by atoms with E-state index in [-0.39, 0.29) is 29.5 Å². The summed E-state index contributed by atoms with van der Waals surface area (Å²) in [5, 5.41) is 6.77. The molecule has 1 rings (SSSR count). The van der Waals surface area contributed by atoms with Crippen LogP contribution in [0.1, 0.15) is 40.5 Å². The summed E-state index contributed by atoms with van der Waals surface area (Å²) in [4.78, 5) is 9.38. The minimum absolute atomic E-state index is 0. The third-order valence-electron chi connectivity index (χ3n) is 3.82. The van der Waals surface area contributed by atoms with Gasteiger partial charge >= 0.3 is 0 Å². The number of unbranched alkanes of at least 4 members (excludes halogenated alkanes) is 1. The number of rotatable bonds is 6. The normalized spacial score (nSPS) is 18.0. The number of aliphatic imine (C=N–C) groups is 1. The molecule has 5 nitrogen and oxygen atoms in total. The van der Waals surface area contributed by atoms with Crippen molar-refractivity contribution in [3.8, 4) is 0 Å². The summed E-state index contributed by atoms with van der Waals surface area (Å²) in [6.45, 7) is 17.0. The zero-order chi connectivity index (χ0) is 15.7.